The maximum Gasteiger partial charge on any atom is 0.355 e. The standard InChI is InChI=1S/C17H19N3O6S/c21-15(18-12-8-9-27(24,25)11-12)10-26-17(23)14-6-7-16(22)20(19-14)13-4-2-1-3-5-13/h1-5,12H,6-11H2,(H,18,21)/t12-/m0/s1. The van der Waals surface area contributed by atoms with E-state index in [1.807, 2.05) is 0 Å². The molecule has 2 amide bonds. The van der Waals surface area contributed by atoms with Crippen LogP contribution in [0.5, 0.6) is 0 Å². The van der Waals surface area contributed by atoms with Crippen LogP contribution >= 0.6 is 0 Å². The highest BCUT2D eigenvalue weighted by atomic mass is 32.2. The lowest BCUT2D eigenvalue weighted by Crippen LogP contribution is -2.39. The number of rotatable bonds is 5. The van der Waals surface area contributed by atoms with Gasteiger partial charge >= 0.3 is 5.97 Å². The number of amides is 2. The Kier molecular flexibility index (Phi) is 5.54. The van der Waals surface area contributed by atoms with Crippen molar-refractivity contribution in [1.82, 2.24) is 5.32 Å². The van der Waals surface area contributed by atoms with Crippen molar-refractivity contribution in [3.05, 3.63) is 30.3 Å². The summed E-state index contributed by atoms with van der Waals surface area (Å²) in [5.74, 6) is -1.65. The number of esters is 1. The fraction of sp³-hybridized carbons (Fsp3) is 0.412. The third-order valence-electron chi connectivity index (χ3n) is 4.20. The van der Waals surface area contributed by atoms with Gasteiger partial charge in [-0.3, -0.25) is 9.59 Å². The van der Waals surface area contributed by atoms with E-state index < -0.39 is 34.4 Å². The number of anilines is 1. The summed E-state index contributed by atoms with van der Waals surface area (Å²) in [6.07, 6.45) is 0.585. The van der Waals surface area contributed by atoms with Crippen molar-refractivity contribution < 1.29 is 27.5 Å². The highest BCUT2D eigenvalue weighted by Gasteiger charge is 2.30. The summed E-state index contributed by atoms with van der Waals surface area (Å²) in [5, 5.41) is 7.73. The van der Waals surface area contributed by atoms with Crippen LogP contribution in [-0.2, 0) is 29.0 Å². The van der Waals surface area contributed by atoms with E-state index in [1.54, 1.807) is 30.3 Å². The largest absolute Gasteiger partial charge is 0.451 e. The van der Waals surface area contributed by atoms with E-state index in [9.17, 15) is 22.8 Å². The average molecular weight is 393 g/mol. The molecule has 3 rings (SSSR count). The Bertz CT molecular complexity index is 881. The van der Waals surface area contributed by atoms with E-state index in [0.717, 1.165) is 5.01 Å². The third-order valence-corrected chi connectivity index (χ3v) is 5.97. The van der Waals surface area contributed by atoms with Crippen molar-refractivity contribution in [3.63, 3.8) is 0 Å². The van der Waals surface area contributed by atoms with Gasteiger partial charge in [-0.1, -0.05) is 18.2 Å². The van der Waals surface area contributed by atoms with E-state index in [1.165, 1.54) is 0 Å². The first-order chi connectivity index (χ1) is 12.8. The summed E-state index contributed by atoms with van der Waals surface area (Å²) in [4.78, 5) is 36.0. The van der Waals surface area contributed by atoms with Crippen LogP contribution in [0.15, 0.2) is 35.4 Å². The van der Waals surface area contributed by atoms with Crippen LogP contribution in [0.4, 0.5) is 5.69 Å². The molecule has 0 spiro atoms. The number of hydrogen-bond donors (Lipinski definition) is 1. The van der Waals surface area contributed by atoms with Crippen LogP contribution in [0, 0.1) is 0 Å². The molecule has 0 saturated carbocycles. The second kappa shape index (κ2) is 7.87. The molecule has 0 radical (unpaired) electrons. The fourth-order valence-corrected chi connectivity index (χ4v) is 4.54. The van der Waals surface area contributed by atoms with E-state index in [2.05, 4.69) is 10.4 Å². The van der Waals surface area contributed by atoms with Gasteiger partial charge in [0.05, 0.1) is 17.2 Å². The van der Waals surface area contributed by atoms with Crippen molar-refractivity contribution in [2.75, 3.05) is 23.1 Å². The molecule has 27 heavy (non-hydrogen) atoms. The molecule has 1 atom stereocenters. The van der Waals surface area contributed by atoms with Crippen LogP contribution in [0.1, 0.15) is 19.3 Å². The summed E-state index contributed by atoms with van der Waals surface area (Å²) < 4.78 is 27.7. The molecule has 2 aliphatic heterocycles. The fourth-order valence-electron chi connectivity index (χ4n) is 2.86. The summed E-state index contributed by atoms with van der Waals surface area (Å²) in [6, 6.07) is 8.22. The zero-order valence-electron chi connectivity index (χ0n) is 14.5. The van der Waals surface area contributed by atoms with Crippen LogP contribution in [0.3, 0.4) is 0 Å². The van der Waals surface area contributed by atoms with Gasteiger partial charge in [0.15, 0.2) is 16.4 Å². The average Bonchev–Trinajstić information content (AvgIpc) is 2.99. The molecule has 0 unspecified atom stereocenters. The van der Waals surface area contributed by atoms with Crippen molar-refractivity contribution in [2.24, 2.45) is 5.10 Å². The number of hydrazone groups is 1. The van der Waals surface area contributed by atoms with E-state index in [0.29, 0.717) is 12.1 Å². The molecule has 1 fully saturated rings. The van der Waals surface area contributed by atoms with Gasteiger partial charge in [0.2, 0.25) is 5.91 Å². The predicted octanol–water partition coefficient (Wildman–Crippen LogP) is 0.0159. The van der Waals surface area contributed by atoms with Crippen molar-refractivity contribution in [2.45, 2.75) is 25.3 Å². The van der Waals surface area contributed by atoms with Crippen LogP contribution < -0.4 is 10.3 Å². The first-order valence-corrected chi connectivity index (χ1v) is 10.3. The van der Waals surface area contributed by atoms with Crippen LogP contribution in [-0.4, -0.2) is 56.1 Å². The molecular weight excluding hydrogens is 374 g/mol. The number of hydrogen-bond acceptors (Lipinski definition) is 7. The molecule has 1 saturated heterocycles. The topological polar surface area (TPSA) is 122 Å². The Morgan fingerprint density at radius 1 is 1.22 bits per heavy atom. The molecule has 0 aliphatic carbocycles. The Morgan fingerprint density at radius 3 is 2.63 bits per heavy atom. The first kappa shape index (κ1) is 19.0. The molecule has 0 bridgehead atoms. The minimum Gasteiger partial charge on any atom is -0.451 e. The second-order valence-electron chi connectivity index (χ2n) is 6.33. The molecule has 2 aliphatic rings. The number of benzene rings is 1. The van der Waals surface area contributed by atoms with Gasteiger partial charge in [-0.25, -0.2) is 18.2 Å². The number of carbonyl (C=O) groups excluding carboxylic acids is 3. The molecular formula is C17H19N3O6S. The second-order valence-corrected chi connectivity index (χ2v) is 8.56. The molecule has 1 aromatic carbocycles. The predicted molar refractivity (Wildman–Crippen MR) is 96.8 cm³/mol. The molecule has 0 aromatic heterocycles. The quantitative estimate of drug-likeness (QED) is 0.704. The maximum absolute atomic E-state index is 12.2. The Hall–Kier alpha value is -2.75. The minimum atomic E-state index is -3.11. The van der Waals surface area contributed by atoms with Gasteiger partial charge in [-0.15, -0.1) is 0 Å². The zero-order chi connectivity index (χ0) is 19.4. The zero-order valence-corrected chi connectivity index (χ0v) is 15.3. The summed E-state index contributed by atoms with van der Waals surface area (Å²) >= 11 is 0. The summed E-state index contributed by atoms with van der Waals surface area (Å²) in [7, 11) is -3.11. The third kappa shape index (κ3) is 4.91. The van der Waals surface area contributed by atoms with E-state index >= 15 is 0 Å². The lowest BCUT2D eigenvalue weighted by atomic mass is 10.1. The lowest BCUT2D eigenvalue weighted by Gasteiger charge is -2.22. The molecule has 10 heteroatoms. The molecule has 2 heterocycles. The lowest BCUT2D eigenvalue weighted by molar-refractivity contribution is -0.142. The van der Waals surface area contributed by atoms with Gasteiger partial charge in [0, 0.05) is 18.9 Å². The number of nitrogens with zero attached hydrogens (tertiary/aromatic N) is 2. The van der Waals surface area contributed by atoms with Crippen molar-refractivity contribution in [1.29, 1.82) is 0 Å². The van der Waals surface area contributed by atoms with E-state index in [4.69, 9.17) is 4.74 Å². The Labute approximate surface area is 156 Å². The number of nitrogens with one attached hydrogen (secondary N) is 1. The number of carbonyl (C=O) groups is 3. The van der Waals surface area contributed by atoms with Gasteiger partial charge < -0.3 is 10.1 Å². The highest BCUT2D eigenvalue weighted by Crippen LogP contribution is 2.20. The highest BCUT2D eigenvalue weighted by molar-refractivity contribution is 7.91. The van der Waals surface area contributed by atoms with Crippen LogP contribution in [0.2, 0.25) is 0 Å². The minimum absolute atomic E-state index is 0.0396. The Morgan fingerprint density at radius 2 is 1.96 bits per heavy atom. The van der Waals surface area contributed by atoms with Crippen molar-refractivity contribution in [3.8, 4) is 0 Å². The van der Waals surface area contributed by atoms with Crippen molar-refractivity contribution >= 4 is 39.0 Å². The molecule has 144 valence electrons. The van der Waals surface area contributed by atoms with Gasteiger partial charge in [0.25, 0.3) is 5.91 Å². The van der Waals surface area contributed by atoms with E-state index in [-0.39, 0.29) is 36.0 Å². The Balaban J connectivity index is 1.56. The monoisotopic (exact) mass is 393 g/mol. The summed E-state index contributed by atoms with van der Waals surface area (Å²) in [6.45, 7) is -0.534. The molecule has 9 nitrogen and oxygen atoms in total. The maximum atomic E-state index is 12.2. The smallest absolute Gasteiger partial charge is 0.355 e. The summed E-state index contributed by atoms with van der Waals surface area (Å²) in [5.41, 5.74) is 0.586. The number of ether oxygens (including phenoxy) is 1. The first-order valence-electron chi connectivity index (χ1n) is 8.46. The molecule has 1 N–H and O–H groups in total. The van der Waals surface area contributed by atoms with Gasteiger partial charge in [0.1, 0.15) is 5.71 Å². The van der Waals surface area contributed by atoms with Gasteiger partial charge in [-0.2, -0.15) is 5.10 Å². The SMILES string of the molecule is O=C(COC(=O)C1=NN(c2ccccc2)C(=O)CC1)N[C@H]1CCS(=O)(=O)C1. The number of sulfone groups is 1. The van der Waals surface area contributed by atoms with Gasteiger partial charge in [-0.05, 0) is 18.6 Å². The molecule has 1 aromatic rings. The number of para-hydroxylation sites is 1. The normalized spacial score (nSPS) is 21.5. The van der Waals surface area contributed by atoms with Crippen LogP contribution in [0.25, 0.3) is 0 Å².